The Hall–Kier alpha value is -0.860. The van der Waals surface area contributed by atoms with Crippen molar-refractivity contribution in [1.82, 2.24) is 4.90 Å². The first-order valence-corrected chi connectivity index (χ1v) is 9.62. The van der Waals surface area contributed by atoms with Crippen LogP contribution in [0.15, 0.2) is 30.3 Å². The quantitative estimate of drug-likeness (QED) is 0.728. The first kappa shape index (κ1) is 18.5. The molecule has 0 saturated carbocycles. The molecule has 1 aliphatic heterocycles. The monoisotopic (exact) mass is 317 g/mol. The van der Waals surface area contributed by atoms with E-state index < -0.39 is 5.60 Å². The number of nitrogens with zero attached hydrogens (tertiary/aromatic N) is 1. The van der Waals surface area contributed by atoms with Gasteiger partial charge in [0.2, 0.25) is 0 Å². The van der Waals surface area contributed by atoms with Crippen LogP contribution in [0, 0.1) is 5.92 Å². The molecule has 1 aliphatic rings. The largest absolute Gasteiger partial charge is 0.390 e. The third kappa shape index (κ3) is 5.06. The lowest BCUT2D eigenvalue weighted by Crippen LogP contribution is -2.47. The smallest absolute Gasteiger partial charge is 0.0645 e. The van der Waals surface area contributed by atoms with Crippen LogP contribution in [0.5, 0.6) is 0 Å². The molecule has 0 radical (unpaired) electrons. The first-order valence-electron chi connectivity index (χ1n) is 9.62. The van der Waals surface area contributed by atoms with Crippen LogP contribution >= 0.6 is 0 Å². The van der Waals surface area contributed by atoms with E-state index in [1.807, 2.05) is 0 Å². The maximum absolute atomic E-state index is 10.8. The van der Waals surface area contributed by atoms with Crippen molar-refractivity contribution >= 4 is 0 Å². The number of likely N-dealkylation sites (tertiary alicyclic amines) is 1. The normalized spacial score (nSPS) is 23.1. The Kier molecular flexibility index (Phi) is 7.10. The number of hydrogen-bond acceptors (Lipinski definition) is 2. The fourth-order valence-corrected chi connectivity index (χ4v) is 4.21. The summed E-state index contributed by atoms with van der Waals surface area (Å²) in [4.78, 5) is 2.68. The van der Waals surface area contributed by atoms with Gasteiger partial charge >= 0.3 is 0 Å². The summed E-state index contributed by atoms with van der Waals surface area (Å²) in [6.07, 6.45) is 7.73. The van der Waals surface area contributed by atoms with Gasteiger partial charge in [0, 0.05) is 12.6 Å². The Bertz CT molecular complexity index is 440. The van der Waals surface area contributed by atoms with E-state index in [-0.39, 0.29) is 0 Å². The number of aliphatic hydroxyl groups is 1. The maximum Gasteiger partial charge on any atom is 0.0645 e. The van der Waals surface area contributed by atoms with E-state index in [0.717, 1.165) is 25.8 Å². The van der Waals surface area contributed by atoms with Gasteiger partial charge in [-0.15, -0.1) is 0 Å². The topological polar surface area (TPSA) is 23.5 Å². The van der Waals surface area contributed by atoms with Crippen molar-refractivity contribution in [3.8, 4) is 0 Å². The zero-order chi connectivity index (χ0) is 16.7. The van der Waals surface area contributed by atoms with Gasteiger partial charge in [-0.2, -0.15) is 0 Å². The second-order valence-electron chi connectivity index (χ2n) is 7.35. The lowest BCUT2D eigenvalue weighted by molar-refractivity contribution is -0.0245. The van der Waals surface area contributed by atoms with E-state index in [0.29, 0.717) is 12.0 Å². The van der Waals surface area contributed by atoms with E-state index >= 15 is 0 Å². The summed E-state index contributed by atoms with van der Waals surface area (Å²) in [6.45, 7) is 8.80. The Morgan fingerprint density at radius 3 is 2.43 bits per heavy atom. The highest BCUT2D eigenvalue weighted by molar-refractivity contribution is 5.14. The lowest BCUT2D eigenvalue weighted by atomic mass is 9.77. The molecular formula is C21H35NO. The van der Waals surface area contributed by atoms with E-state index in [4.69, 9.17) is 0 Å². The maximum atomic E-state index is 10.8. The molecule has 1 aromatic carbocycles. The van der Waals surface area contributed by atoms with Gasteiger partial charge < -0.3 is 5.11 Å². The average molecular weight is 318 g/mol. The summed E-state index contributed by atoms with van der Waals surface area (Å²) in [7, 11) is 0. The molecule has 130 valence electrons. The average Bonchev–Trinajstić information content (AvgIpc) is 2.58. The summed E-state index contributed by atoms with van der Waals surface area (Å²) in [5, 5.41) is 10.8. The number of hydrogen-bond donors (Lipinski definition) is 1. The minimum atomic E-state index is -0.466. The number of benzene rings is 1. The molecular weight excluding hydrogens is 282 g/mol. The minimum Gasteiger partial charge on any atom is -0.390 e. The predicted octanol–water partition coefficient (Wildman–Crippen LogP) is 5.01. The molecule has 2 nitrogen and oxygen atoms in total. The summed E-state index contributed by atoms with van der Waals surface area (Å²) >= 11 is 0. The van der Waals surface area contributed by atoms with Gasteiger partial charge in [-0.1, -0.05) is 57.5 Å². The van der Waals surface area contributed by atoms with Gasteiger partial charge in [0.1, 0.15) is 0 Å². The van der Waals surface area contributed by atoms with Gasteiger partial charge in [0.15, 0.2) is 0 Å². The van der Waals surface area contributed by atoms with Crippen molar-refractivity contribution in [2.75, 3.05) is 6.54 Å². The highest BCUT2D eigenvalue weighted by Crippen LogP contribution is 2.36. The molecule has 23 heavy (non-hydrogen) atoms. The molecule has 1 fully saturated rings. The highest BCUT2D eigenvalue weighted by atomic mass is 16.3. The molecule has 0 bridgehead atoms. The SMILES string of the molecule is CCCC1C(CC(O)(CC)CC)CCCN1Cc1ccccc1. The molecule has 1 N–H and O–H groups in total. The van der Waals surface area contributed by atoms with Gasteiger partial charge in [-0.3, -0.25) is 4.90 Å². The summed E-state index contributed by atoms with van der Waals surface area (Å²) in [5.41, 5.74) is 0.947. The fourth-order valence-electron chi connectivity index (χ4n) is 4.21. The van der Waals surface area contributed by atoms with E-state index in [9.17, 15) is 5.11 Å². The lowest BCUT2D eigenvalue weighted by Gasteiger charge is -2.44. The van der Waals surface area contributed by atoms with Crippen molar-refractivity contribution in [2.45, 2.75) is 83.9 Å². The fraction of sp³-hybridized carbons (Fsp3) is 0.714. The van der Waals surface area contributed by atoms with Crippen LogP contribution in [0.3, 0.4) is 0 Å². The van der Waals surface area contributed by atoms with Crippen molar-refractivity contribution in [3.63, 3.8) is 0 Å². The second kappa shape index (κ2) is 8.84. The molecule has 2 atom stereocenters. The Morgan fingerprint density at radius 1 is 1.13 bits per heavy atom. The second-order valence-corrected chi connectivity index (χ2v) is 7.35. The third-order valence-electron chi connectivity index (χ3n) is 5.80. The molecule has 1 saturated heterocycles. The Labute approximate surface area is 142 Å². The summed E-state index contributed by atoms with van der Waals surface area (Å²) in [6, 6.07) is 11.5. The standard InChI is InChI=1S/C21H35NO/c1-4-11-20-19(16-21(23,5-2)6-3)14-10-15-22(20)17-18-12-8-7-9-13-18/h7-9,12-13,19-20,23H,4-6,10-11,14-17H2,1-3H3. The van der Waals surface area contributed by atoms with Gasteiger partial charge in [-0.05, 0) is 56.6 Å². The van der Waals surface area contributed by atoms with Gasteiger partial charge in [0.25, 0.3) is 0 Å². The summed E-state index contributed by atoms with van der Waals surface area (Å²) in [5.74, 6) is 0.636. The van der Waals surface area contributed by atoms with Gasteiger partial charge in [-0.25, -0.2) is 0 Å². The van der Waals surface area contributed by atoms with Crippen molar-refractivity contribution in [3.05, 3.63) is 35.9 Å². The van der Waals surface area contributed by atoms with Crippen LogP contribution in [0.2, 0.25) is 0 Å². The van der Waals surface area contributed by atoms with E-state index in [1.165, 1.54) is 37.8 Å². The molecule has 2 rings (SSSR count). The first-order chi connectivity index (χ1) is 11.1. The molecule has 0 aromatic heterocycles. The van der Waals surface area contributed by atoms with Crippen LogP contribution in [-0.4, -0.2) is 28.2 Å². The third-order valence-corrected chi connectivity index (χ3v) is 5.80. The zero-order valence-corrected chi connectivity index (χ0v) is 15.3. The van der Waals surface area contributed by atoms with Crippen LogP contribution in [0.4, 0.5) is 0 Å². The summed E-state index contributed by atoms with van der Waals surface area (Å²) < 4.78 is 0. The van der Waals surface area contributed by atoms with Crippen LogP contribution < -0.4 is 0 Å². The van der Waals surface area contributed by atoms with Gasteiger partial charge in [0.05, 0.1) is 5.60 Å². The van der Waals surface area contributed by atoms with Crippen molar-refractivity contribution < 1.29 is 5.11 Å². The molecule has 1 heterocycles. The number of rotatable bonds is 8. The van der Waals surface area contributed by atoms with E-state index in [1.54, 1.807) is 0 Å². The molecule has 1 aromatic rings. The Balaban J connectivity index is 2.09. The van der Waals surface area contributed by atoms with Crippen molar-refractivity contribution in [2.24, 2.45) is 5.92 Å². The molecule has 2 unspecified atom stereocenters. The minimum absolute atomic E-state index is 0.466. The van der Waals surface area contributed by atoms with Crippen LogP contribution in [0.25, 0.3) is 0 Å². The van der Waals surface area contributed by atoms with Crippen molar-refractivity contribution in [1.29, 1.82) is 0 Å². The van der Waals surface area contributed by atoms with Crippen LogP contribution in [-0.2, 0) is 6.54 Å². The molecule has 0 spiro atoms. The van der Waals surface area contributed by atoms with E-state index in [2.05, 4.69) is 56.0 Å². The molecule has 2 heteroatoms. The molecule has 0 aliphatic carbocycles. The Morgan fingerprint density at radius 2 is 1.83 bits per heavy atom. The zero-order valence-electron chi connectivity index (χ0n) is 15.3. The van der Waals surface area contributed by atoms with Crippen LogP contribution in [0.1, 0.15) is 71.3 Å². The predicted molar refractivity (Wildman–Crippen MR) is 98.4 cm³/mol. The highest BCUT2D eigenvalue weighted by Gasteiger charge is 2.35. The molecule has 0 amide bonds. The number of piperidine rings is 1.